The van der Waals surface area contributed by atoms with E-state index in [2.05, 4.69) is 9.88 Å². The topological polar surface area (TPSA) is 67.9 Å². The number of carbonyl (C=O) groups excluding carboxylic acids is 1. The van der Waals surface area contributed by atoms with Crippen molar-refractivity contribution >= 4 is 34.3 Å². The lowest BCUT2D eigenvalue weighted by Gasteiger charge is -2.30. The summed E-state index contributed by atoms with van der Waals surface area (Å²) >= 11 is 5.99. The molecule has 132 valence electrons. The molecule has 0 radical (unpaired) electrons. The van der Waals surface area contributed by atoms with Gasteiger partial charge < -0.3 is 9.32 Å². The van der Waals surface area contributed by atoms with Gasteiger partial charge in [-0.3, -0.25) is 9.69 Å². The Hall–Kier alpha value is -2.86. The fourth-order valence-corrected chi connectivity index (χ4v) is 3.33. The van der Waals surface area contributed by atoms with Gasteiger partial charge in [-0.1, -0.05) is 17.7 Å². The molecule has 0 bridgehead atoms. The molecule has 3 aromatic rings. The SMILES string of the molecule is O=C(c1cc2cc(Cl)ccc2oc1=O)N1CCN(c2cccc[nH+]2)CC1. The second-order valence-electron chi connectivity index (χ2n) is 6.16. The van der Waals surface area contributed by atoms with E-state index in [-0.39, 0.29) is 11.5 Å². The van der Waals surface area contributed by atoms with Crippen LogP contribution in [0.25, 0.3) is 11.0 Å². The van der Waals surface area contributed by atoms with E-state index in [1.807, 2.05) is 24.4 Å². The third-order valence-electron chi connectivity index (χ3n) is 4.52. The van der Waals surface area contributed by atoms with Gasteiger partial charge in [0.2, 0.25) is 0 Å². The summed E-state index contributed by atoms with van der Waals surface area (Å²) < 4.78 is 5.27. The Balaban J connectivity index is 1.54. The Morgan fingerprint density at radius 3 is 2.62 bits per heavy atom. The van der Waals surface area contributed by atoms with Crippen molar-refractivity contribution < 1.29 is 14.2 Å². The first-order valence-corrected chi connectivity index (χ1v) is 8.74. The van der Waals surface area contributed by atoms with Crippen molar-refractivity contribution in [2.45, 2.75) is 0 Å². The minimum atomic E-state index is -0.622. The molecule has 0 unspecified atom stereocenters. The molecule has 2 aromatic heterocycles. The number of H-pyrrole nitrogens is 1. The second kappa shape index (κ2) is 6.80. The summed E-state index contributed by atoms with van der Waals surface area (Å²) in [5.41, 5.74) is -0.163. The van der Waals surface area contributed by atoms with Gasteiger partial charge in [-0.05, 0) is 30.3 Å². The summed E-state index contributed by atoms with van der Waals surface area (Å²) in [5.74, 6) is 0.705. The highest BCUT2D eigenvalue weighted by molar-refractivity contribution is 6.31. The predicted molar refractivity (Wildman–Crippen MR) is 98.6 cm³/mol. The van der Waals surface area contributed by atoms with Gasteiger partial charge in [-0.25, -0.2) is 9.78 Å². The number of nitrogens with zero attached hydrogens (tertiary/aromatic N) is 2. The Kier molecular flexibility index (Phi) is 4.34. The summed E-state index contributed by atoms with van der Waals surface area (Å²) in [6.45, 7) is 2.46. The zero-order valence-corrected chi connectivity index (χ0v) is 14.7. The van der Waals surface area contributed by atoms with Gasteiger partial charge in [0, 0.05) is 16.5 Å². The number of piperazine rings is 1. The van der Waals surface area contributed by atoms with Crippen molar-refractivity contribution in [3.63, 3.8) is 0 Å². The van der Waals surface area contributed by atoms with Crippen LogP contribution in [0.5, 0.6) is 0 Å². The highest BCUT2D eigenvalue weighted by atomic mass is 35.5. The lowest BCUT2D eigenvalue weighted by Crippen LogP contribution is -2.50. The summed E-state index contributed by atoms with van der Waals surface area (Å²) in [7, 11) is 0. The van der Waals surface area contributed by atoms with Crippen LogP contribution < -0.4 is 15.5 Å². The highest BCUT2D eigenvalue weighted by Gasteiger charge is 2.28. The Morgan fingerprint density at radius 2 is 1.88 bits per heavy atom. The third-order valence-corrected chi connectivity index (χ3v) is 4.76. The first kappa shape index (κ1) is 16.6. The van der Waals surface area contributed by atoms with Crippen LogP contribution in [0.2, 0.25) is 5.02 Å². The van der Waals surface area contributed by atoms with Crippen molar-refractivity contribution in [3.8, 4) is 0 Å². The van der Waals surface area contributed by atoms with Gasteiger partial charge in [0.05, 0.1) is 19.3 Å². The van der Waals surface area contributed by atoms with Crippen molar-refractivity contribution in [2.75, 3.05) is 31.1 Å². The molecule has 1 fully saturated rings. The number of carbonyl (C=O) groups is 1. The number of pyridine rings is 1. The molecular formula is C19H17ClN3O3+. The molecule has 4 rings (SSSR count). The number of hydrogen-bond donors (Lipinski definition) is 0. The van der Waals surface area contributed by atoms with Crippen molar-refractivity contribution in [1.82, 2.24) is 4.90 Å². The lowest BCUT2D eigenvalue weighted by atomic mass is 10.1. The van der Waals surface area contributed by atoms with Crippen LogP contribution >= 0.6 is 11.6 Å². The molecular weight excluding hydrogens is 354 g/mol. The van der Waals surface area contributed by atoms with Crippen LogP contribution in [0.3, 0.4) is 0 Å². The minimum Gasteiger partial charge on any atom is -0.422 e. The summed E-state index contributed by atoms with van der Waals surface area (Å²) in [5, 5.41) is 1.16. The maximum absolute atomic E-state index is 12.8. The van der Waals surface area contributed by atoms with Gasteiger partial charge in [-0.15, -0.1) is 0 Å². The molecule has 1 saturated heterocycles. The normalized spacial score (nSPS) is 14.7. The lowest BCUT2D eigenvalue weighted by molar-refractivity contribution is -0.364. The molecule has 7 heteroatoms. The fraction of sp³-hybridized carbons (Fsp3) is 0.211. The van der Waals surface area contributed by atoms with Crippen LogP contribution in [0.4, 0.5) is 5.82 Å². The van der Waals surface area contributed by atoms with Crippen LogP contribution in [-0.4, -0.2) is 37.0 Å². The maximum atomic E-state index is 12.8. The van der Waals surface area contributed by atoms with E-state index in [0.717, 1.165) is 5.82 Å². The minimum absolute atomic E-state index is 0.0412. The quantitative estimate of drug-likeness (QED) is 0.649. The molecule has 0 saturated carbocycles. The zero-order chi connectivity index (χ0) is 18.1. The monoisotopic (exact) mass is 370 g/mol. The van der Waals surface area contributed by atoms with Gasteiger partial charge in [0.25, 0.3) is 11.7 Å². The number of benzene rings is 1. The van der Waals surface area contributed by atoms with E-state index in [0.29, 0.717) is 42.2 Å². The molecule has 3 heterocycles. The second-order valence-corrected chi connectivity index (χ2v) is 6.59. The molecule has 0 aliphatic carbocycles. The average Bonchev–Trinajstić information content (AvgIpc) is 2.68. The van der Waals surface area contributed by atoms with Crippen LogP contribution in [0.1, 0.15) is 10.4 Å². The number of rotatable bonds is 2. The smallest absolute Gasteiger partial charge is 0.349 e. The molecule has 0 atom stereocenters. The van der Waals surface area contributed by atoms with Gasteiger partial charge in [0.1, 0.15) is 24.2 Å². The largest absolute Gasteiger partial charge is 0.422 e. The van der Waals surface area contributed by atoms with E-state index in [9.17, 15) is 9.59 Å². The number of fused-ring (bicyclic) bond motifs is 1. The van der Waals surface area contributed by atoms with Crippen molar-refractivity contribution in [2.24, 2.45) is 0 Å². The molecule has 1 N–H and O–H groups in total. The number of aromatic nitrogens is 1. The molecule has 6 nitrogen and oxygen atoms in total. The van der Waals surface area contributed by atoms with Gasteiger partial charge in [0.15, 0.2) is 0 Å². The zero-order valence-electron chi connectivity index (χ0n) is 13.9. The molecule has 26 heavy (non-hydrogen) atoms. The fourth-order valence-electron chi connectivity index (χ4n) is 3.14. The summed E-state index contributed by atoms with van der Waals surface area (Å²) in [6, 6.07) is 12.4. The molecule has 0 spiro atoms. The van der Waals surface area contributed by atoms with E-state index in [1.165, 1.54) is 0 Å². The predicted octanol–water partition coefficient (Wildman–Crippen LogP) is 2.22. The molecule has 1 amide bonds. The number of aromatic amines is 1. The molecule has 1 aliphatic rings. The molecule has 1 aromatic carbocycles. The number of nitrogens with one attached hydrogen (secondary N) is 1. The van der Waals surface area contributed by atoms with Crippen LogP contribution in [0, 0.1) is 0 Å². The number of halogens is 1. The highest BCUT2D eigenvalue weighted by Crippen LogP contribution is 2.20. The Labute approximate surface area is 154 Å². The first-order chi connectivity index (χ1) is 12.6. The van der Waals surface area contributed by atoms with E-state index < -0.39 is 5.63 Å². The number of anilines is 1. The Morgan fingerprint density at radius 1 is 1.08 bits per heavy atom. The van der Waals surface area contributed by atoms with Crippen LogP contribution in [0.15, 0.2) is 57.9 Å². The third kappa shape index (κ3) is 3.15. The van der Waals surface area contributed by atoms with Gasteiger partial charge >= 0.3 is 5.63 Å². The number of amides is 1. The van der Waals surface area contributed by atoms with E-state index >= 15 is 0 Å². The van der Waals surface area contributed by atoms with Crippen molar-refractivity contribution in [1.29, 1.82) is 0 Å². The van der Waals surface area contributed by atoms with Crippen LogP contribution in [-0.2, 0) is 0 Å². The Bertz CT molecular complexity index is 1010. The van der Waals surface area contributed by atoms with E-state index in [4.69, 9.17) is 16.0 Å². The van der Waals surface area contributed by atoms with Gasteiger partial charge in [-0.2, -0.15) is 0 Å². The average molecular weight is 371 g/mol. The van der Waals surface area contributed by atoms with Crippen molar-refractivity contribution in [3.05, 3.63) is 69.7 Å². The summed E-state index contributed by atoms with van der Waals surface area (Å²) in [6.07, 6.45) is 1.87. The molecule has 1 aliphatic heterocycles. The van der Waals surface area contributed by atoms with E-state index in [1.54, 1.807) is 29.2 Å². The maximum Gasteiger partial charge on any atom is 0.349 e. The number of hydrogen-bond acceptors (Lipinski definition) is 4. The summed E-state index contributed by atoms with van der Waals surface area (Å²) in [4.78, 5) is 32.1. The standard InChI is InChI=1S/C19H16ClN3O3/c20-14-4-5-16-13(11-14)12-15(19(25)26-16)18(24)23-9-7-22(8-10-23)17-3-1-2-6-21-17/h1-6,11-12H,7-10H2/p+1. The first-order valence-electron chi connectivity index (χ1n) is 8.36.